The molecule has 6 heteroatoms. The topological polar surface area (TPSA) is 56.2 Å². The molecule has 0 bridgehead atoms. The van der Waals surface area contributed by atoms with Gasteiger partial charge in [0, 0.05) is 30.1 Å². The van der Waals surface area contributed by atoms with Crippen LogP contribution in [0, 0.1) is 0 Å². The average molecular weight is 490 g/mol. The van der Waals surface area contributed by atoms with Crippen molar-refractivity contribution < 1.29 is 9.53 Å². The van der Waals surface area contributed by atoms with Crippen molar-refractivity contribution in [2.45, 2.75) is 45.1 Å². The van der Waals surface area contributed by atoms with Gasteiger partial charge in [-0.1, -0.05) is 48.4 Å². The molecule has 0 unspecified atom stereocenters. The van der Waals surface area contributed by atoms with Crippen LogP contribution in [0.1, 0.15) is 48.3 Å². The fourth-order valence-electron chi connectivity index (χ4n) is 4.14. The van der Waals surface area contributed by atoms with Gasteiger partial charge in [-0.2, -0.15) is 0 Å². The first kappa shape index (κ1) is 24.8. The fourth-order valence-corrected chi connectivity index (χ4v) is 4.26. The van der Waals surface area contributed by atoms with Crippen LogP contribution in [0.15, 0.2) is 78.9 Å². The van der Waals surface area contributed by atoms with Crippen molar-refractivity contribution in [3.8, 4) is 5.75 Å². The second-order valence-corrected chi connectivity index (χ2v) is 9.05. The maximum Gasteiger partial charge on any atom is 0.251 e. The van der Waals surface area contributed by atoms with Crippen LogP contribution in [-0.2, 0) is 13.0 Å². The van der Waals surface area contributed by atoms with E-state index < -0.39 is 0 Å². The minimum atomic E-state index is -0.00700. The van der Waals surface area contributed by atoms with Gasteiger partial charge in [0.15, 0.2) is 0 Å². The molecule has 0 atom stereocenters. The number of benzene rings is 3. The molecule has 1 N–H and O–H groups in total. The van der Waals surface area contributed by atoms with Crippen molar-refractivity contribution in [2.24, 2.45) is 0 Å². The van der Waals surface area contributed by atoms with Crippen molar-refractivity contribution >= 4 is 28.5 Å². The number of fused-ring (bicyclic) bond motifs is 1. The molecule has 0 spiro atoms. The van der Waals surface area contributed by atoms with Gasteiger partial charge in [0.2, 0.25) is 0 Å². The number of carbonyl (C=O) groups is 1. The maximum absolute atomic E-state index is 12.1. The zero-order chi connectivity index (χ0) is 24.3. The minimum Gasteiger partial charge on any atom is -0.494 e. The molecule has 0 saturated carbocycles. The predicted molar refractivity (Wildman–Crippen MR) is 142 cm³/mol. The fraction of sp³-hybridized carbons (Fsp3) is 0.310. The number of amides is 1. The van der Waals surface area contributed by atoms with E-state index in [0.29, 0.717) is 23.7 Å². The lowest BCUT2D eigenvalue weighted by molar-refractivity contribution is 0.0953. The molecular formula is C29H32ClN3O2. The van der Waals surface area contributed by atoms with Crippen molar-refractivity contribution in [2.75, 3.05) is 13.2 Å². The molecule has 5 nitrogen and oxygen atoms in total. The van der Waals surface area contributed by atoms with Crippen LogP contribution in [0.4, 0.5) is 0 Å². The van der Waals surface area contributed by atoms with Crippen LogP contribution in [-0.4, -0.2) is 28.6 Å². The summed E-state index contributed by atoms with van der Waals surface area (Å²) >= 11 is 5.93. The van der Waals surface area contributed by atoms with Crippen molar-refractivity contribution in [1.82, 2.24) is 14.9 Å². The molecule has 4 rings (SSSR count). The Morgan fingerprint density at radius 2 is 1.63 bits per heavy atom. The quantitative estimate of drug-likeness (QED) is 0.213. The first-order chi connectivity index (χ1) is 17.2. The zero-order valence-corrected chi connectivity index (χ0v) is 20.7. The number of unbranched alkanes of at least 4 members (excludes halogenated alkanes) is 3. The van der Waals surface area contributed by atoms with E-state index in [1.165, 1.54) is 5.52 Å². The number of halogens is 1. The van der Waals surface area contributed by atoms with Gasteiger partial charge < -0.3 is 14.6 Å². The molecule has 1 amide bonds. The molecule has 0 aliphatic heterocycles. The smallest absolute Gasteiger partial charge is 0.251 e. The Bertz CT molecular complexity index is 1210. The Hall–Kier alpha value is -3.31. The summed E-state index contributed by atoms with van der Waals surface area (Å²) in [5.74, 6) is 1.98. The van der Waals surface area contributed by atoms with Crippen LogP contribution in [0.25, 0.3) is 11.0 Å². The molecule has 1 heterocycles. The van der Waals surface area contributed by atoms with Gasteiger partial charge in [-0.3, -0.25) is 4.79 Å². The zero-order valence-electron chi connectivity index (χ0n) is 20.0. The van der Waals surface area contributed by atoms with E-state index in [2.05, 4.69) is 28.1 Å². The molecule has 0 saturated heterocycles. The summed E-state index contributed by atoms with van der Waals surface area (Å²) < 4.78 is 8.19. The van der Waals surface area contributed by atoms with Gasteiger partial charge in [0.1, 0.15) is 11.6 Å². The van der Waals surface area contributed by atoms with Crippen molar-refractivity contribution in [3.05, 3.63) is 95.3 Å². The van der Waals surface area contributed by atoms with Crippen LogP contribution in [0.2, 0.25) is 5.02 Å². The summed E-state index contributed by atoms with van der Waals surface area (Å²) in [4.78, 5) is 17.0. The number of hydrogen-bond acceptors (Lipinski definition) is 3. The summed E-state index contributed by atoms with van der Waals surface area (Å²) in [6, 6.07) is 25.2. The molecular weight excluding hydrogens is 458 g/mol. The molecule has 3 aromatic carbocycles. The average Bonchev–Trinajstić information content (AvgIpc) is 3.24. The summed E-state index contributed by atoms with van der Waals surface area (Å²) in [6.07, 6.45) is 5.98. The third kappa shape index (κ3) is 7.33. The standard InChI is InChI=1S/C29H32ClN3O2/c30-24-16-18-25(19-17-24)35-22-10-9-21-33-27-14-7-6-13-26(27)32-28(33)15-5-2-8-20-31-29(34)23-11-3-1-4-12-23/h1,3-4,6-7,11-14,16-19H,2,5,8-10,15,20-22H2,(H,31,34). The highest BCUT2D eigenvalue weighted by Crippen LogP contribution is 2.19. The van der Waals surface area contributed by atoms with E-state index in [-0.39, 0.29) is 5.91 Å². The molecule has 0 fully saturated rings. The number of rotatable bonds is 13. The first-order valence-electron chi connectivity index (χ1n) is 12.4. The molecule has 1 aromatic heterocycles. The SMILES string of the molecule is O=C(NCCCCCc1nc2ccccc2n1CCCCOc1ccc(Cl)cc1)c1ccccc1. The number of ether oxygens (including phenoxy) is 1. The molecule has 0 aliphatic carbocycles. The first-order valence-corrected chi connectivity index (χ1v) is 12.7. The largest absolute Gasteiger partial charge is 0.494 e. The summed E-state index contributed by atoms with van der Waals surface area (Å²) in [5, 5.41) is 3.72. The second kappa shape index (κ2) is 13.0. The predicted octanol–water partition coefficient (Wildman–Crippen LogP) is 6.69. The number of para-hydroxylation sites is 2. The van der Waals surface area contributed by atoms with Crippen LogP contribution >= 0.6 is 11.6 Å². The number of nitrogens with zero attached hydrogens (tertiary/aromatic N) is 2. The lowest BCUT2D eigenvalue weighted by Crippen LogP contribution is -2.24. The highest BCUT2D eigenvalue weighted by molar-refractivity contribution is 6.30. The van der Waals surface area contributed by atoms with Gasteiger partial charge in [-0.05, 0) is 74.2 Å². The van der Waals surface area contributed by atoms with Crippen LogP contribution in [0.5, 0.6) is 5.75 Å². The Morgan fingerprint density at radius 3 is 2.46 bits per heavy atom. The number of aromatic nitrogens is 2. The van der Waals surface area contributed by atoms with Gasteiger partial charge in [-0.25, -0.2) is 4.98 Å². The van der Waals surface area contributed by atoms with Crippen LogP contribution in [0.3, 0.4) is 0 Å². The Balaban J connectivity index is 1.21. The van der Waals surface area contributed by atoms with E-state index in [4.69, 9.17) is 21.3 Å². The van der Waals surface area contributed by atoms with E-state index in [0.717, 1.165) is 62.2 Å². The van der Waals surface area contributed by atoms with E-state index in [9.17, 15) is 4.79 Å². The van der Waals surface area contributed by atoms with Crippen LogP contribution < -0.4 is 10.1 Å². The third-order valence-corrected chi connectivity index (χ3v) is 6.24. The highest BCUT2D eigenvalue weighted by atomic mass is 35.5. The molecule has 0 radical (unpaired) electrons. The third-order valence-electron chi connectivity index (χ3n) is 5.99. The van der Waals surface area contributed by atoms with E-state index in [1.807, 2.05) is 60.7 Å². The molecule has 182 valence electrons. The molecule has 4 aromatic rings. The molecule has 35 heavy (non-hydrogen) atoms. The summed E-state index contributed by atoms with van der Waals surface area (Å²) in [5.41, 5.74) is 2.95. The number of aryl methyl sites for hydroxylation is 2. The maximum atomic E-state index is 12.1. The normalized spacial score (nSPS) is 11.0. The van der Waals surface area contributed by atoms with Crippen molar-refractivity contribution in [3.63, 3.8) is 0 Å². The van der Waals surface area contributed by atoms with E-state index >= 15 is 0 Å². The van der Waals surface area contributed by atoms with E-state index in [1.54, 1.807) is 0 Å². The van der Waals surface area contributed by atoms with Crippen molar-refractivity contribution in [1.29, 1.82) is 0 Å². The Kier molecular flexibility index (Phi) is 9.18. The van der Waals surface area contributed by atoms with Gasteiger partial charge in [0.05, 0.1) is 17.6 Å². The summed E-state index contributed by atoms with van der Waals surface area (Å²) in [6.45, 7) is 2.29. The lowest BCUT2D eigenvalue weighted by Gasteiger charge is -2.10. The number of nitrogens with one attached hydrogen (secondary N) is 1. The lowest BCUT2D eigenvalue weighted by atomic mass is 10.1. The Labute approximate surface area is 212 Å². The second-order valence-electron chi connectivity index (χ2n) is 8.61. The Morgan fingerprint density at radius 1 is 0.857 bits per heavy atom. The molecule has 0 aliphatic rings. The van der Waals surface area contributed by atoms with Gasteiger partial charge >= 0.3 is 0 Å². The summed E-state index contributed by atoms with van der Waals surface area (Å²) in [7, 11) is 0. The van der Waals surface area contributed by atoms with Gasteiger partial charge in [0.25, 0.3) is 5.91 Å². The number of imidazole rings is 1. The number of carbonyl (C=O) groups excluding carboxylic acids is 1. The minimum absolute atomic E-state index is 0.00700. The highest BCUT2D eigenvalue weighted by Gasteiger charge is 2.10. The van der Waals surface area contributed by atoms with Gasteiger partial charge in [-0.15, -0.1) is 0 Å². The monoisotopic (exact) mass is 489 g/mol. The number of hydrogen-bond donors (Lipinski definition) is 1.